The Morgan fingerprint density at radius 2 is 2.31 bits per heavy atom. The third-order valence-electron chi connectivity index (χ3n) is 5.78. The highest BCUT2D eigenvalue weighted by molar-refractivity contribution is 8.00. The summed E-state index contributed by atoms with van der Waals surface area (Å²) in [5.41, 5.74) is 5.74. The zero-order valence-electron chi connectivity index (χ0n) is 18.5. The van der Waals surface area contributed by atoms with Crippen LogP contribution in [0.1, 0.15) is 12.2 Å². The van der Waals surface area contributed by atoms with Gasteiger partial charge in [0.15, 0.2) is 23.7 Å². The van der Waals surface area contributed by atoms with E-state index in [2.05, 4.69) is 25.1 Å². The van der Waals surface area contributed by atoms with Crippen molar-refractivity contribution in [3.63, 3.8) is 0 Å². The van der Waals surface area contributed by atoms with Crippen molar-refractivity contribution in [3.05, 3.63) is 29.4 Å². The number of nitrogens with one attached hydrogen (secondary N) is 2. The van der Waals surface area contributed by atoms with E-state index in [0.717, 1.165) is 36.9 Å². The number of rotatable bonds is 7. The van der Waals surface area contributed by atoms with Crippen LogP contribution in [0.15, 0.2) is 28.7 Å². The first-order chi connectivity index (χ1) is 16.9. The number of nitrogens with zero attached hydrogens (tertiary/aromatic N) is 6. The van der Waals surface area contributed by atoms with Gasteiger partial charge in [0.2, 0.25) is 11.5 Å². The Kier molecular flexibility index (Phi) is 6.06. The number of hydrogen-bond acceptors (Lipinski definition) is 12. The van der Waals surface area contributed by atoms with E-state index in [-0.39, 0.29) is 22.4 Å². The lowest BCUT2D eigenvalue weighted by Crippen LogP contribution is -2.71. The molecule has 5 heterocycles. The molecule has 0 radical (unpaired) electrons. The summed E-state index contributed by atoms with van der Waals surface area (Å²) in [5, 5.41) is 21.2. The Balaban J connectivity index is 1.35. The number of aromatic nitrogens is 4. The second-order valence-corrected chi connectivity index (χ2v) is 9.77. The maximum Gasteiger partial charge on any atom is 0.278 e. The van der Waals surface area contributed by atoms with Gasteiger partial charge >= 0.3 is 0 Å². The number of carbonyl (C=O) groups excluding carboxylic acids is 3. The van der Waals surface area contributed by atoms with Gasteiger partial charge in [-0.15, -0.1) is 21.1 Å². The third kappa shape index (κ3) is 4.07. The summed E-state index contributed by atoms with van der Waals surface area (Å²) in [4.78, 5) is 47.7. The van der Waals surface area contributed by atoms with E-state index in [9.17, 15) is 19.5 Å². The van der Waals surface area contributed by atoms with Crippen molar-refractivity contribution in [1.29, 1.82) is 0 Å². The third-order valence-corrected chi connectivity index (χ3v) is 7.66. The van der Waals surface area contributed by atoms with Crippen LogP contribution in [-0.4, -0.2) is 73.3 Å². The van der Waals surface area contributed by atoms with E-state index in [0.29, 0.717) is 17.9 Å². The summed E-state index contributed by atoms with van der Waals surface area (Å²) < 4.78 is 7.91. The Labute approximate surface area is 206 Å². The quantitative estimate of drug-likeness (QED) is 0.153. The highest BCUT2D eigenvalue weighted by Crippen LogP contribution is 2.40. The maximum atomic E-state index is 13.0. The molecule has 2 aromatic rings. The van der Waals surface area contributed by atoms with Gasteiger partial charge in [-0.05, 0) is 6.42 Å². The molecule has 3 aliphatic rings. The van der Waals surface area contributed by atoms with Gasteiger partial charge in [-0.3, -0.25) is 14.5 Å². The molecule has 5 rings (SSSR count). The number of fused-ring (bicyclic) bond motifs is 2. The fourth-order valence-electron chi connectivity index (χ4n) is 4.25. The number of aliphatic carboxylic acids is 1. The van der Waals surface area contributed by atoms with Crippen molar-refractivity contribution in [2.45, 2.75) is 30.9 Å². The first-order valence-electron chi connectivity index (χ1n) is 10.6. The maximum absolute atomic E-state index is 13.0. The van der Waals surface area contributed by atoms with E-state index in [4.69, 9.17) is 10.6 Å². The summed E-state index contributed by atoms with van der Waals surface area (Å²) in [6, 6.07) is 0.973. The molecule has 1 fully saturated rings. The van der Waals surface area contributed by atoms with Crippen LogP contribution in [0.5, 0.6) is 0 Å². The predicted molar refractivity (Wildman–Crippen MR) is 123 cm³/mol. The minimum atomic E-state index is -1.43. The van der Waals surface area contributed by atoms with Gasteiger partial charge in [0.1, 0.15) is 18.5 Å². The second-order valence-electron chi connectivity index (χ2n) is 7.88. The predicted octanol–water partition coefficient (Wildman–Crippen LogP) is -2.52. The molecule has 3 aliphatic heterocycles. The Bertz CT molecular complexity index is 1270. The molecule has 2 aromatic heterocycles. The van der Waals surface area contributed by atoms with Crippen LogP contribution >= 0.6 is 23.3 Å². The van der Waals surface area contributed by atoms with E-state index >= 15 is 0 Å². The molecule has 0 unspecified atom stereocenters. The van der Waals surface area contributed by atoms with Crippen molar-refractivity contribution in [2.75, 3.05) is 30.5 Å². The van der Waals surface area contributed by atoms with Crippen LogP contribution in [0.2, 0.25) is 0 Å². The first-order valence-corrected chi connectivity index (χ1v) is 12.4. The number of amides is 2. The summed E-state index contributed by atoms with van der Waals surface area (Å²) in [6.45, 7) is 1.99. The molecule has 14 nitrogen and oxygen atoms in total. The van der Waals surface area contributed by atoms with Gasteiger partial charge < -0.3 is 31.1 Å². The molecule has 0 bridgehead atoms. The molecule has 0 aliphatic carbocycles. The molecule has 4 N–H and O–H groups in total. The highest BCUT2D eigenvalue weighted by Gasteiger charge is 2.53. The number of anilines is 2. The second kappa shape index (κ2) is 9.18. The van der Waals surface area contributed by atoms with Gasteiger partial charge in [-0.2, -0.15) is 9.36 Å². The number of β-lactam (4-membered cyclic amide) rings is 1. The van der Waals surface area contributed by atoms with Crippen molar-refractivity contribution >= 4 is 57.7 Å². The van der Waals surface area contributed by atoms with Crippen LogP contribution in [0.4, 0.5) is 10.9 Å². The molecular weight excluding hydrogens is 498 g/mol. The van der Waals surface area contributed by atoms with Gasteiger partial charge in [0, 0.05) is 29.4 Å². The largest absolute Gasteiger partial charge is 0.543 e. The number of carboxylic acids is 1. The zero-order chi connectivity index (χ0) is 24.7. The van der Waals surface area contributed by atoms with Crippen LogP contribution in [0, 0.1) is 0 Å². The van der Waals surface area contributed by atoms with E-state index in [1.807, 2.05) is 21.6 Å². The SMILES string of the molecule is CON=C(C(=O)N[C@@H]1C(=O)N2C(C(=O)[O-])=C(C[n+]3ccc4n3CCCN4)CS[C@H]12)c1nsc(N)n1. The summed E-state index contributed by atoms with van der Waals surface area (Å²) >= 11 is 2.25. The Hall–Kier alpha value is -3.66. The molecule has 2 atom stereocenters. The van der Waals surface area contributed by atoms with E-state index in [1.54, 1.807) is 0 Å². The van der Waals surface area contributed by atoms with Gasteiger partial charge in [-0.1, -0.05) is 5.16 Å². The Morgan fingerprint density at radius 1 is 1.49 bits per heavy atom. The lowest BCUT2D eigenvalue weighted by molar-refractivity contribution is -0.768. The average molecular weight is 520 g/mol. The number of nitrogen functional groups attached to an aromatic ring is 1. The minimum Gasteiger partial charge on any atom is -0.543 e. The fourth-order valence-corrected chi connectivity index (χ4v) is 6.02. The van der Waals surface area contributed by atoms with Crippen LogP contribution in [-0.2, 0) is 32.3 Å². The summed E-state index contributed by atoms with van der Waals surface area (Å²) in [5.74, 6) is -1.45. The molecule has 184 valence electrons. The minimum absolute atomic E-state index is 0.0357. The van der Waals surface area contributed by atoms with Gasteiger partial charge in [-0.25, -0.2) is 0 Å². The van der Waals surface area contributed by atoms with Crippen LogP contribution in [0.25, 0.3) is 0 Å². The van der Waals surface area contributed by atoms with E-state index < -0.39 is 29.2 Å². The van der Waals surface area contributed by atoms with Gasteiger partial charge in [0.05, 0.1) is 24.3 Å². The monoisotopic (exact) mass is 519 g/mol. The molecular formula is C19H21N9O5S2. The molecule has 0 saturated carbocycles. The summed E-state index contributed by atoms with van der Waals surface area (Å²) in [6.07, 6.45) is 2.83. The number of carbonyl (C=O) groups is 3. The number of hydrogen-bond donors (Lipinski definition) is 3. The van der Waals surface area contributed by atoms with Crippen LogP contribution in [0.3, 0.4) is 0 Å². The molecule has 0 aromatic carbocycles. The smallest absolute Gasteiger partial charge is 0.278 e. The topological polar surface area (TPSA) is 184 Å². The fraction of sp³-hybridized carbons (Fsp3) is 0.421. The standard InChI is InChI=1S/C19H21N9O5S2/c1-33-24-11(14-23-19(20)35-25-14)15(29)22-12-16(30)28-13(18(31)32)9(8-34-17(12)28)7-26-6-3-10-21-4-2-5-27(10)26/h3,6,12,17H,2,4-5,7-8H2,1H3,(H4,20,22,23,25,29,31,32)/t12-,17-/m1/s1. The molecule has 2 amide bonds. The number of carboxylic acid groups (broad SMARTS) is 1. The van der Waals surface area contributed by atoms with E-state index in [1.165, 1.54) is 23.8 Å². The lowest BCUT2D eigenvalue weighted by Gasteiger charge is -2.50. The van der Waals surface area contributed by atoms with Crippen molar-refractivity contribution in [3.8, 4) is 0 Å². The van der Waals surface area contributed by atoms with Crippen LogP contribution < -0.4 is 26.2 Å². The normalized spacial score (nSPS) is 21.6. The van der Waals surface area contributed by atoms with Crippen molar-refractivity contribution in [1.82, 2.24) is 24.3 Å². The van der Waals surface area contributed by atoms with Crippen molar-refractivity contribution in [2.24, 2.45) is 5.16 Å². The van der Waals surface area contributed by atoms with Gasteiger partial charge in [0.25, 0.3) is 11.8 Å². The molecule has 1 saturated heterocycles. The highest BCUT2D eigenvalue weighted by atomic mass is 32.2. The molecule has 0 spiro atoms. The molecule has 16 heteroatoms. The Morgan fingerprint density at radius 3 is 3.03 bits per heavy atom. The molecule has 35 heavy (non-hydrogen) atoms. The first kappa shape index (κ1) is 23.1. The number of nitrogens with two attached hydrogens (primary N) is 1. The number of thioether (sulfide) groups is 1. The summed E-state index contributed by atoms with van der Waals surface area (Å²) in [7, 11) is 1.25. The average Bonchev–Trinajstić information content (AvgIpc) is 3.46. The van der Waals surface area contributed by atoms with Crippen molar-refractivity contribution < 1.29 is 29.0 Å². The number of oxime groups is 1. The zero-order valence-corrected chi connectivity index (χ0v) is 20.1. The lowest BCUT2D eigenvalue weighted by atomic mass is 10.0.